The van der Waals surface area contributed by atoms with Gasteiger partial charge >= 0.3 is 0 Å². The SMILES string of the molecule is CCCNC1(CN)CCCC(C)C1. The first-order valence-electron chi connectivity index (χ1n) is 5.67. The zero-order valence-electron chi connectivity index (χ0n) is 9.10. The third-order valence-corrected chi connectivity index (χ3v) is 3.23. The molecule has 2 unspecified atom stereocenters. The maximum atomic E-state index is 5.88. The molecule has 3 N–H and O–H groups in total. The van der Waals surface area contributed by atoms with E-state index in [1.54, 1.807) is 0 Å². The molecule has 2 atom stereocenters. The van der Waals surface area contributed by atoms with Gasteiger partial charge in [0, 0.05) is 12.1 Å². The van der Waals surface area contributed by atoms with Crippen LogP contribution in [0.25, 0.3) is 0 Å². The lowest BCUT2D eigenvalue weighted by molar-refractivity contribution is 0.194. The third-order valence-electron chi connectivity index (χ3n) is 3.23. The molecule has 1 rings (SSSR count). The highest BCUT2D eigenvalue weighted by Crippen LogP contribution is 2.31. The Morgan fingerprint density at radius 2 is 2.31 bits per heavy atom. The predicted molar refractivity (Wildman–Crippen MR) is 57.7 cm³/mol. The van der Waals surface area contributed by atoms with Gasteiger partial charge in [-0.3, -0.25) is 0 Å². The van der Waals surface area contributed by atoms with Crippen molar-refractivity contribution in [3.63, 3.8) is 0 Å². The molecule has 1 saturated carbocycles. The molecule has 0 radical (unpaired) electrons. The summed E-state index contributed by atoms with van der Waals surface area (Å²) in [5, 5.41) is 3.64. The van der Waals surface area contributed by atoms with E-state index in [2.05, 4.69) is 19.2 Å². The van der Waals surface area contributed by atoms with Crippen LogP contribution in [0.2, 0.25) is 0 Å². The molecule has 0 spiro atoms. The van der Waals surface area contributed by atoms with E-state index in [-0.39, 0.29) is 5.54 Å². The molecular formula is C11H24N2. The summed E-state index contributed by atoms with van der Waals surface area (Å²) in [5.74, 6) is 0.849. The monoisotopic (exact) mass is 184 g/mol. The van der Waals surface area contributed by atoms with E-state index >= 15 is 0 Å². The van der Waals surface area contributed by atoms with E-state index in [0.29, 0.717) is 0 Å². The zero-order valence-corrected chi connectivity index (χ0v) is 9.10. The maximum absolute atomic E-state index is 5.88. The minimum Gasteiger partial charge on any atom is -0.329 e. The fourth-order valence-corrected chi connectivity index (χ4v) is 2.47. The van der Waals surface area contributed by atoms with Crippen LogP contribution in [0.1, 0.15) is 46.0 Å². The molecule has 0 aliphatic heterocycles. The molecule has 1 fully saturated rings. The lowest BCUT2D eigenvalue weighted by atomic mass is 9.76. The average molecular weight is 184 g/mol. The highest BCUT2D eigenvalue weighted by Gasteiger charge is 2.32. The van der Waals surface area contributed by atoms with Crippen molar-refractivity contribution in [3.05, 3.63) is 0 Å². The normalized spacial score (nSPS) is 34.8. The second-order valence-electron chi connectivity index (χ2n) is 4.61. The summed E-state index contributed by atoms with van der Waals surface area (Å²) >= 11 is 0. The summed E-state index contributed by atoms with van der Waals surface area (Å²) in [7, 11) is 0. The van der Waals surface area contributed by atoms with E-state index < -0.39 is 0 Å². The minimum absolute atomic E-state index is 0.272. The Balaban J connectivity index is 2.46. The lowest BCUT2D eigenvalue weighted by Crippen LogP contribution is -2.54. The zero-order chi connectivity index (χ0) is 9.73. The molecule has 2 nitrogen and oxygen atoms in total. The van der Waals surface area contributed by atoms with Crippen molar-refractivity contribution in [1.29, 1.82) is 0 Å². The van der Waals surface area contributed by atoms with E-state index in [1.165, 1.54) is 32.1 Å². The molecule has 1 aliphatic rings. The molecule has 13 heavy (non-hydrogen) atoms. The highest BCUT2D eigenvalue weighted by atomic mass is 15.0. The van der Waals surface area contributed by atoms with Gasteiger partial charge in [0.05, 0.1) is 0 Å². The molecule has 0 saturated heterocycles. The quantitative estimate of drug-likeness (QED) is 0.700. The average Bonchev–Trinajstić information content (AvgIpc) is 2.15. The van der Waals surface area contributed by atoms with Crippen molar-refractivity contribution in [2.45, 2.75) is 51.5 Å². The Bertz CT molecular complexity index is 147. The van der Waals surface area contributed by atoms with Crippen LogP contribution in [0.5, 0.6) is 0 Å². The number of nitrogens with one attached hydrogen (secondary N) is 1. The Morgan fingerprint density at radius 3 is 2.85 bits per heavy atom. The number of nitrogens with two attached hydrogens (primary N) is 1. The van der Waals surface area contributed by atoms with Crippen molar-refractivity contribution in [3.8, 4) is 0 Å². The largest absolute Gasteiger partial charge is 0.329 e. The lowest BCUT2D eigenvalue weighted by Gasteiger charge is -2.40. The minimum atomic E-state index is 0.272. The summed E-state index contributed by atoms with van der Waals surface area (Å²) in [5.41, 5.74) is 6.15. The van der Waals surface area contributed by atoms with Crippen molar-refractivity contribution < 1.29 is 0 Å². The number of hydrogen-bond acceptors (Lipinski definition) is 2. The Hall–Kier alpha value is -0.0800. The Labute approximate surface area is 82.3 Å². The van der Waals surface area contributed by atoms with Gasteiger partial charge in [-0.1, -0.05) is 26.7 Å². The molecule has 0 bridgehead atoms. The molecule has 0 aromatic heterocycles. The standard InChI is InChI=1S/C11H24N2/c1-3-7-13-11(9-12)6-4-5-10(2)8-11/h10,13H,3-9,12H2,1-2H3. The fraction of sp³-hybridized carbons (Fsp3) is 1.00. The van der Waals surface area contributed by atoms with Crippen LogP contribution in [-0.4, -0.2) is 18.6 Å². The maximum Gasteiger partial charge on any atom is 0.0306 e. The number of hydrogen-bond donors (Lipinski definition) is 2. The van der Waals surface area contributed by atoms with Crippen molar-refractivity contribution >= 4 is 0 Å². The van der Waals surface area contributed by atoms with E-state index in [9.17, 15) is 0 Å². The summed E-state index contributed by atoms with van der Waals surface area (Å²) in [6.45, 7) is 6.47. The van der Waals surface area contributed by atoms with Gasteiger partial charge in [0.15, 0.2) is 0 Å². The van der Waals surface area contributed by atoms with E-state index in [0.717, 1.165) is 19.0 Å². The second-order valence-corrected chi connectivity index (χ2v) is 4.61. The molecule has 1 aliphatic carbocycles. The Morgan fingerprint density at radius 1 is 1.54 bits per heavy atom. The summed E-state index contributed by atoms with van der Waals surface area (Å²) in [4.78, 5) is 0. The first-order chi connectivity index (χ1) is 6.22. The summed E-state index contributed by atoms with van der Waals surface area (Å²) in [6, 6.07) is 0. The van der Waals surface area contributed by atoms with Crippen LogP contribution < -0.4 is 11.1 Å². The van der Waals surface area contributed by atoms with Crippen LogP contribution in [0.15, 0.2) is 0 Å². The van der Waals surface area contributed by atoms with Crippen LogP contribution in [0.4, 0.5) is 0 Å². The highest BCUT2D eigenvalue weighted by molar-refractivity contribution is 4.93. The van der Waals surface area contributed by atoms with Gasteiger partial charge in [0.1, 0.15) is 0 Å². The molecular weight excluding hydrogens is 160 g/mol. The molecule has 0 aromatic carbocycles. The molecule has 78 valence electrons. The molecule has 0 heterocycles. The van der Waals surface area contributed by atoms with E-state index in [1.807, 2.05) is 0 Å². The Kier molecular flexibility index (Phi) is 4.20. The van der Waals surface area contributed by atoms with Crippen molar-refractivity contribution in [2.24, 2.45) is 11.7 Å². The molecule has 0 amide bonds. The van der Waals surface area contributed by atoms with Gasteiger partial charge in [-0.25, -0.2) is 0 Å². The van der Waals surface area contributed by atoms with Gasteiger partial charge in [-0.05, 0) is 31.7 Å². The third kappa shape index (κ3) is 2.96. The van der Waals surface area contributed by atoms with Crippen molar-refractivity contribution in [2.75, 3.05) is 13.1 Å². The van der Waals surface area contributed by atoms with Crippen LogP contribution in [0.3, 0.4) is 0 Å². The second kappa shape index (κ2) is 4.97. The molecule has 0 aromatic rings. The first-order valence-corrected chi connectivity index (χ1v) is 5.67. The van der Waals surface area contributed by atoms with Gasteiger partial charge in [-0.15, -0.1) is 0 Å². The molecule has 2 heteroatoms. The number of rotatable bonds is 4. The summed E-state index contributed by atoms with van der Waals surface area (Å²) in [6.07, 6.45) is 6.47. The van der Waals surface area contributed by atoms with Gasteiger partial charge in [0.25, 0.3) is 0 Å². The van der Waals surface area contributed by atoms with Gasteiger partial charge < -0.3 is 11.1 Å². The fourth-order valence-electron chi connectivity index (χ4n) is 2.47. The van der Waals surface area contributed by atoms with Crippen molar-refractivity contribution in [1.82, 2.24) is 5.32 Å². The summed E-state index contributed by atoms with van der Waals surface area (Å²) < 4.78 is 0. The predicted octanol–water partition coefficient (Wildman–Crippen LogP) is 1.89. The van der Waals surface area contributed by atoms with Gasteiger partial charge in [-0.2, -0.15) is 0 Å². The first kappa shape index (κ1) is 11.0. The van der Waals surface area contributed by atoms with E-state index in [4.69, 9.17) is 5.73 Å². The van der Waals surface area contributed by atoms with Crippen LogP contribution in [0, 0.1) is 5.92 Å². The topological polar surface area (TPSA) is 38.0 Å². The van der Waals surface area contributed by atoms with Crippen LogP contribution in [-0.2, 0) is 0 Å². The van der Waals surface area contributed by atoms with Crippen LogP contribution >= 0.6 is 0 Å². The smallest absolute Gasteiger partial charge is 0.0306 e. The van der Waals surface area contributed by atoms with Gasteiger partial charge in [0.2, 0.25) is 0 Å².